The maximum Gasteiger partial charge on any atom is 0.297 e. The molecule has 15 heavy (non-hydrogen) atoms. The van der Waals surface area contributed by atoms with Crippen LogP contribution in [0.4, 0.5) is 6.01 Å². The van der Waals surface area contributed by atoms with Crippen LogP contribution in [-0.4, -0.2) is 24.6 Å². The highest BCUT2D eigenvalue weighted by atomic mass is 16.4. The van der Waals surface area contributed by atoms with E-state index in [4.69, 9.17) is 4.42 Å². The Kier molecular flexibility index (Phi) is 4.62. The standard InChI is InChI=1S/C11H21N3O/c1-5-9(3)14(6-2)11-13-10(7-12-4)8-15-11/h8-9,12H,5-7H2,1-4H3. The van der Waals surface area contributed by atoms with Crippen molar-refractivity contribution >= 4 is 6.01 Å². The van der Waals surface area contributed by atoms with Gasteiger partial charge in [0, 0.05) is 19.1 Å². The lowest BCUT2D eigenvalue weighted by Gasteiger charge is -2.24. The van der Waals surface area contributed by atoms with Crippen LogP contribution in [0.15, 0.2) is 10.7 Å². The molecule has 0 saturated heterocycles. The minimum absolute atomic E-state index is 0.469. The van der Waals surface area contributed by atoms with Crippen LogP contribution in [-0.2, 0) is 6.54 Å². The number of nitrogens with one attached hydrogen (secondary N) is 1. The minimum Gasteiger partial charge on any atom is -0.432 e. The SMILES string of the molecule is CCC(C)N(CC)c1nc(CNC)co1. The molecule has 1 N–H and O–H groups in total. The summed E-state index contributed by atoms with van der Waals surface area (Å²) in [6.07, 6.45) is 2.81. The number of hydrogen-bond donors (Lipinski definition) is 1. The Morgan fingerprint density at radius 3 is 2.80 bits per heavy atom. The summed E-state index contributed by atoms with van der Waals surface area (Å²) in [5.74, 6) is 0. The normalized spacial score (nSPS) is 12.8. The molecule has 1 aromatic rings. The van der Waals surface area contributed by atoms with Gasteiger partial charge >= 0.3 is 0 Å². The number of rotatable bonds is 6. The average Bonchev–Trinajstić information content (AvgIpc) is 2.68. The monoisotopic (exact) mass is 211 g/mol. The van der Waals surface area contributed by atoms with Gasteiger partial charge in [0.05, 0.1) is 5.69 Å². The third-order valence-corrected chi connectivity index (χ3v) is 2.61. The third kappa shape index (κ3) is 2.96. The van der Waals surface area contributed by atoms with E-state index in [0.717, 1.165) is 31.2 Å². The van der Waals surface area contributed by atoms with Crippen LogP contribution in [0, 0.1) is 0 Å². The van der Waals surface area contributed by atoms with Crippen molar-refractivity contribution in [2.45, 2.75) is 39.8 Å². The first-order chi connectivity index (χ1) is 7.22. The lowest BCUT2D eigenvalue weighted by Crippen LogP contribution is -2.32. The fourth-order valence-corrected chi connectivity index (χ4v) is 1.55. The maximum atomic E-state index is 5.47. The zero-order valence-electron chi connectivity index (χ0n) is 10.1. The Bertz CT molecular complexity index is 285. The van der Waals surface area contributed by atoms with Crippen LogP contribution < -0.4 is 10.2 Å². The second-order valence-electron chi connectivity index (χ2n) is 3.70. The molecule has 86 valence electrons. The van der Waals surface area contributed by atoms with Gasteiger partial charge in [-0.2, -0.15) is 4.98 Å². The Morgan fingerprint density at radius 2 is 2.27 bits per heavy atom. The fourth-order valence-electron chi connectivity index (χ4n) is 1.55. The zero-order chi connectivity index (χ0) is 11.3. The molecule has 1 unspecified atom stereocenters. The van der Waals surface area contributed by atoms with Gasteiger partial charge in [-0.25, -0.2) is 0 Å². The summed E-state index contributed by atoms with van der Waals surface area (Å²) in [7, 11) is 1.90. The van der Waals surface area contributed by atoms with E-state index in [9.17, 15) is 0 Å². The minimum atomic E-state index is 0.469. The van der Waals surface area contributed by atoms with E-state index < -0.39 is 0 Å². The topological polar surface area (TPSA) is 41.3 Å². The number of hydrogen-bond acceptors (Lipinski definition) is 4. The Hall–Kier alpha value is -1.03. The van der Waals surface area contributed by atoms with Crippen LogP contribution in [0.3, 0.4) is 0 Å². The highest BCUT2D eigenvalue weighted by molar-refractivity contribution is 5.28. The van der Waals surface area contributed by atoms with Crippen molar-refractivity contribution in [3.8, 4) is 0 Å². The van der Waals surface area contributed by atoms with Crippen molar-refractivity contribution < 1.29 is 4.42 Å². The summed E-state index contributed by atoms with van der Waals surface area (Å²) in [6, 6.07) is 1.20. The molecule has 0 spiro atoms. The first-order valence-electron chi connectivity index (χ1n) is 5.58. The molecule has 1 atom stereocenters. The van der Waals surface area contributed by atoms with Gasteiger partial charge < -0.3 is 14.6 Å². The summed E-state index contributed by atoms with van der Waals surface area (Å²) in [5.41, 5.74) is 0.953. The quantitative estimate of drug-likeness (QED) is 0.781. The molecule has 4 nitrogen and oxygen atoms in total. The van der Waals surface area contributed by atoms with Crippen molar-refractivity contribution in [3.05, 3.63) is 12.0 Å². The van der Waals surface area contributed by atoms with Gasteiger partial charge in [0.15, 0.2) is 0 Å². The van der Waals surface area contributed by atoms with E-state index >= 15 is 0 Å². The molecule has 0 radical (unpaired) electrons. The number of nitrogens with zero attached hydrogens (tertiary/aromatic N) is 2. The van der Waals surface area contributed by atoms with Gasteiger partial charge in [0.1, 0.15) is 6.26 Å². The number of oxazole rings is 1. The van der Waals surface area contributed by atoms with E-state index in [1.165, 1.54) is 0 Å². The molecule has 0 aliphatic rings. The number of anilines is 1. The summed E-state index contributed by atoms with van der Waals surface area (Å²) in [6.45, 7) is 8.15. The van der Waals surface area contributed by atoms with E-state index in [1.54, 1.807) is 6.26 Å². The van der Waals surface area contributed by atoms with Crippen LogP contribution in [0.25, 0.3) is 0 Å². The largest absolute Gasteiger partial charge is 0.432 e. The molecule has 0 fully saturated rings. The molecule has 0 aliphatic heterocycles. The first kappa shape index (κ1) is 12.0. The maximum absolute atomic E-state index is 5.47. The highest BCUT2D eigenvalue weighted by Crippen LogP contribution is 2.17. The molecule has 0 amide bonds. The van der Waals surface area contributed by atoms with Gasteiger partial charge in [-0.15, -0.1) is 0 Å². The van der Waals surface area contributed by atoms with E-state index in [-0.39, 0.29) is 0 Å². The Labute approximate surface area is 91.7 Å². The van der Waals surface area contributed by atoms with E-state index in [2.05, 4.69) is 36.0 Å². The summed E-state index contributed by atoms with van der Waals surface area (Å²) in [4.78, 5) is 6.62. The van der Waals surface area contributed by atoms with Gasteiger partial charge in [-0.3, -0.25) is 0 Å². The second kappa shape index (κ2) is 5.75. The molecule has 0 bridgehead atoms. The predicted molar refractivity (Wildman–Crippen MR) is 62.0 cm³/mol. The van der Waals surface area contributed by atoms with Crippen LogP contribution in [0.5, 0.6) is 0 Å². The summed E-state index contributed by atoms with van der Waals surface area (Å²) >= 11 is 0. The average molecular weight is 211 g/mol. The molecule has 4 heteroatoms. The van der Waals surface area contributed by atoms with Crippen LogP contribution >= 0.6 is 0 Å². The van der Waals surface area contributed by atoms with Gasteiger partial charge in [0.25, 0.3) is 6.01 Å². The van der Waals surface area contributed by atoms with Crippen molar-refractivity contribution in [2.24, 2.45) is 0 Å². The fraction of sp³-hybridized carbons (Fsp3) is 0.727. The molecule has 0 aliphatic carbocycles. The third-order valence-electron chi connectivity index (χ3n) is 2.61. The Balaban J connectivity index is 2.73. The lowest BCUT2D eigenvalue weighted by molar-refractivity contribution is 0.501. The molecule has 0 aromatic carbocycles. The van der Waals surface area contributed by atoms with E-state index in [0.29, 0.717) is 6.04 Å². The smallest absolute Gasteiger partial charge is 0.297 e. The highest BCUT2D eigenvalue weighted by Gasteiger charge is 2.15. The van der Waals surface area contributed by atoms with E-state index in [1.807, 2.05) is 7.05 Å². The molecule has 1 rings (SSSR count). The molecule has 1 heterocycles. The second-order valence-corrected chi connectivity index (χ2v) is 3.70. The van der Waals surface area contributed by atoms with Crippen LogP contribution in [0.1, 0.15) is 32.9 Å². The molecule has 1 aromatic heterocycles. The van der Waals surface area contributed by atoms with Crippen LogP contribution in [0.2, 0.25) is 0 Å². The zero-order valence-corrected chi connectivity index (χ0v) is 10.1. The lowest BCUT2D eigenvalue weighted by atomic mass is 10.2. The van der Waals surface area contributed by atoms with Crippen molar-refractivity contribution in [3.63, 3.8) is 0 Å². The van der Waals surface area contributed by atoms with Gasteiger partial charge in [-0.05, 0) is 27.3 Å². The van der Waals surface area contributed by atoms with Gasteiger partial charge in [0.2, 0.25) is 0 Å². The Morgan fingerprint density at radius 1 is 1.53 bits per heavy atom. The predicted octanol–water partition coefficient (Wildman–Crippen LogP) is 2.02. The van der Waals surface area contributed by atoms with Gasteiger partial charge in [-0.1, -0.05) is 6.92 Å². The summed E-state index contributed by atoms with van der Waals surface area (Å²) in [5, 5.41) is 3.06. The molecular weight excluding hydrogens is 190 g/mol. The first-order valence-corrected chi connectivity index (χ1v) is 5.58. The number of aromatic nitrogens is 1. The van der Waals surface area contributed by atoms with Crippen molar-refractivity contribution in [2.75, 3.05) is 18.5 Å². The summed E-state index contributed by atoms with van der Waals surface area (Å²) < 4.78 is 5.47. The van der Waals surface area contributed by atoms with Crippen molar-refractivity contribution in [1.82, 2.24) is 10.3 Å². The molecular formula is C11H21N3O. The molecule has 0 saturated carbocycles. The van der Waals surface area contributed by atoms with Crippen molar-refractivity contribution in [1.29, 1.82) is 0 Å².